The van der Waals surface area contributed by atoms with Crippen molar-refractivity contribution in [2.24, 2.45) is 0 Å². The average Bonchev–Trinajstić information content (AvgIpc) is 3.14. The molecule has 0 radical (unpaired) electrons. The SMILES string of the molecule is CC(NS(=O)(=O)NC1CCCC1)C(=O)N1CCN(Cc2ccccc2)CC1. The molecule has 2 fully saturated rings. The van der Waals surface area contributed by atoms with E-state index in [1.807, 2.05) is 18.2 Å². The molecule has 1 aliphatic carbocycles. The molecule has 0 bridgehead atoms. The Bertz CT molecular complexity index is 712. The summed E-state index contributed by atoms with van der Waals surface area (Å²) in [7, 11) is -3.66. The van der Waals surface area contributed by atoms with Crippen LogP contribution in [-0.2, 0) is 21.5 Å². The number of rotatable bonds is 7. The average molecular weight is 395 g/mol. The Kier molecular flexibility index (Phi) is 6.86. The monoisotopic (exact) mass is 394 g/mol. The molecule has 1 aliphatic heterocycles. The van der Waals surface area contributed by atoms with Crippen LogP contribution in [0.4, 0.5) is 0 Å². The predicted molar refractivity (Wildman–Crippen MR) is 105 cm³/mol. The van der Waals surface area contributed by atoms with Crippen molar-refractivity contribution in [3.05, 3.63) is 35.9 Å². The normalized spacial score (nSPS) is 20.7. The summed E-state index contributed by atoms with van der Waals surface area (Å²) < 4.78 is 29.6. The van der Waals surface area contributed by atoms with Crippen LogP contribution >= 0.6 is 0 Å². The van der Waals surface area contributed by atoms with E-state index in [0.717, 1.165) is 45.3 Å². The van der Waals surface area contributed by atoms with Gasteiger partial charge in [0.25, 0.3) is 10.2 Å². The van der Waals surface area contributed by atoms with Crippen molar-refractivity contribution < 1.29 is 13.2 Å². The topological polar surface area (TPSA) is 81.8 Å². The second kappa shape index (κ2) is 9.14. The van der Waals surface area contributed by atoms with Crippen molar-refractivity contribution in [3.63, 3.8) is 0 Å². The first-order valence-electron chi connectivity index (χ1n) is 9.77. The molecule has 1 saturated carbocycles. The molecule has 3 rings (SSSR count). The maximum Gasteiger partial charge on any atom is 0.277 e. The lowest BCUT2D eigenvalue weighted by molar-refractivity contribution is -0.134. The van der Waals surface area contributed by atoms with Crippen LogP contribution < -0.4 is 9.44 Å². The van der Waals surface area contributed by atoms with Gasteiger partial charge in [0.2, 0.25) is 5.91 Å². The zero-order valence-corrected chi connectivity index (χ0v) is 16.7. The number of carbonyl (C=O) groups excluding carboxylic acids is 1. The van der Waals surface area contributed by atoms with Gasteiger partial charge in [-0.25, -0.2) is 0 Å². The number of benzene rings is 1. The second-order valence-electron chi connectivity index (χ2n) is 7.53. The Morgan fingerprint density at radius 2 is 1.74 bits per heavy atom. The molecule has 150 valence electrons. The van der Waals surface area contributed by atoms with Crippen LogP contribution in [0.1, 0.15) is 38.2 Å². The first-order valence-corrected chi connectivity index (χ1v) is 11.3. The third-order valence-corrected chi connectivity index (χ3v) is 6.62. The summed E-state index contributed by atoms with van der Waals surface area (Å²) in [5.74, 6) is -0.161. The zero-order valence-electron chi connectivity index (χ0n) is 15.9. The van der Waals surface area contributed by atoms with Crippen molar-refractivity contribution in [1.82, 2.24) is 19.2 Å². The maximum absolute atomic E-state index is 12.6. The Labute approximate surface area is 162 Å². The number of hydrogen-bond acceptors (Lipinski definition) is 4. The molecule has 1 aromatic rings. The van der Waals surface area contributed by atoms with Gasteiger partial charge < -0.3 is 4.90 Å². The largest absolute Gasteiger partial charge is 0.339 e. The van der Waals surface area contributed by atoms with Crippen LogP contribution in [0.2, 0.25) is 0 Å². The summed E-state index contributed by atoms with van der Waals surface area (Å²) in [6.45, 7) is 5.31. The lowest BCUT2D eigenvalue weighted by Crippen LogP contribution is -2.55. The molecule has 0 spiro atoms. The van der Waals surface area contributed by atoms with Crippen LogP contribution in [0.5, 0.6) is 0 Å². The molecule has 1 aromatic carbocycles. The molecular weight excluding hydrogens is 364 g/mol. The summed E-state index contributed by atoms with van der Waals surface area (Å²) in [6, 6.07) is 9.50. The summed E-state index contributed by atoms with van der Waals surface area (Å²) in [6.07, 6.45) is 3.84. The van der Waals surface area contributed by atoms with Gasteiger partial charge in [-0.15, -0.1) is 0 Å². The minimum absolute atomic E-state index is 0.00802. The van der Waals surface area contributed by atoms with Gasteiger partial charge in [-0.3, -0.25) is 9.69 Å². The van der Waals surface area contributed by atoms with Crippen molar-refractivity contribution >= 4 is 16.1 Å². The number of piperazine rings is 1. The Balaban J connectivity index is 1.45. The molecule has 2 N–H and O–H groups in total. The van der Waals surface area contributed by atoms with Crippen molar-refractivity contribution in [2.75, 3.05) is 26.2 Å². The third-order valence-electron chi connectivity index (χ3n) is 5.31. The highest BCUT2D eigenvalue weighted by Crippen LogP contribution is 2.18. The third kappa shape index (κ3) is 6.00. The highest BCUT2D eigenvalue weighted by Gasteiger charge is 2.29. The van der Waals surface area contributed by atoms with E-state index in [0.29, 0.717) is 13.1 Å². The molecule has 7 nitrogen and oxygen atoms in total. The van der Waals surface area contributed by atoms with E-state index in [2.05, 4.69) is 26.5 Å². The van der Waals surface area contributed by atoms with E-state index in [-0.39, 0.29) is 11.9 Å². The first-order chi connectivity index (χ1) is 12.9. The number of nitrogens with one attached hydrogen (secondary N) is 2. The summed E-state index contributed by atoms with van der Waals surface area (Å²) in [4.78, 5) is 16.7. The number of carbonyl (C=O) groups is 1. The molecule has 0 aromatic heterocycles. The standard InChI is InChI=1S/C19H30N4O3S/c1-16(20-27(25,26)21-18-9-5-6-10-18)19(24)23-13-11-22(12-14-23)15-17-7-3-2-4-8-17/h2-4,7-8,16,18,20-21H,5-6,9-15H2,1H3. The number of amides is 1. The van der Waals surface area contributed by atoms with Crippen LogP contribution in [0, 0.1) is 0 Å². The van der Waals surface area contributed by atoms with Gasteiger partial charge in [-0.05, 0) is 25.3 Å². The van der Waals surface area contributed by atoms with Crippen LogP contribution in [0.25, 0.3) is 0 Å². The molecule has 1 atom stereocenters. The molecule has 8 heteroatoms. The van der Waals surface area contributed by atoms with Gasteiger partial charge in [0.15, 0.2) is 0 Å². The quantitative estimate of drug-likeness (QED) is 0.725. The van der Waals surface area contributed by atoms with E-state index in [1.54, 1.807) is 11.8 Å². The van der Waals surface area contributed by atoms with Gasteiger partial charge in [0.1, 0.15) is 0 Å². The zero-order chi connectivity index (χ0) is 19.3. The maximum atomic E-state index is 12.6. The lowest BCUT2D eigenvalue weighted by atomic mass is 10.2. The molecule has 1 unspecified atom stereocenters. The van der Waals surface area contributed by atoms with Crippen molar-refractivity contribution in [3.8, 4) is 0 Å². The first kappa shape index (κ1) is 20.3. The highest BCUT2D eigenvalue weighted by atomic mass is 32.2. The molecule has 1 heterocycles. The van der Waals surface area contributed by atoms with Crippen LogP contribution in [0.15, 0.2) is 30.3 Å². The number of hydrogen-bond donors (Lipinski definition) is 2. The fourth-order valence-electron chi connectivity index (χ4n) is 3.82. The lowest BCUT2D eigenvalue weighted by Gasteiger charge is -2.36. The van der Waals surface area contributed by atoms with E-state index in [1.165, 1.54) is 5.56 Å². The number of nitrogens with zero attached hydrogens (tertiary/aromatic N) is 2. The molecule has 1 saturated heterocycles. The molecule has 2 aliphatic rings. The van der Waals surface area contributed by atoms with E-state index < -0.39 is 16.3 Å². The fourth-order valence-corrected chi connectivity index (χ4v) is 5.13. The van der Waals surface area contributed by atoms with E-state index in [9.17, 15) is 13.2 Å². The fraction of sp³-hybridized carbons (Fsp3) is 0.632. The smallest absolute Gasteiger partial charge is 0.277 e. The predicted octanol–water partition coefficient (Wildman–Crippen LogP) is 1.09. The van der Waals surface area contributed by atoms with Crippen LogP contribution in [-0.4, -0.2) is 62.4 Å². The second-order valence-corrected chi connectivity index (χ2v) is 9.01. The minimum Gasteiger partial charge on any atom is -0.339 e. The van der Waals surface area contributed by atoms with E-state index >= 15 is 0 Å². The van der Waals surface area contributed by atoms with Crippen molar-refractivity contribution in [2.45, 2.75) is 51.2 Å². The van der Waals surface area contributed by atoms with Gasteiger partial charge >= 0.3 is 0 Å². The minimum atomic E-state index is -3.66. The molecule has 1 amide bonds. The summed E-state index contributed by atoms with van der Waals surface area (Å²) in [5.41, 5.74) is 1.26. The molecule has 27 heavy (non-hydrogen) atoms. The highest BCUT2D eigenvalue weighted by molar-refractivity contribution is 7.87. The van der Waals surface area contributed by atoms with Crippen molar-refractivity contribution in [1.29, 1.82) is 0 Å². The van der Waals surface area contributed by atoms with Gasteiger partial charge in [-0.2, -0.15) is 17.9 Å². The van der Waals surface area contributed by atoms with E-state index in [4.69, 9.17) is 0 Å². The van der Waals surface area contributed by atoms with Crippen LogP contribution in [0.3, 0.4) is 0 Å². The molecular formula is C19H30N4O3S. The van der Waals surface area contributed by atoms with Gasteiger partial charge in [-0.1, -0.05) is 43.2 Å². The Morgan fingerprint density at radius 1 is 1.11 bits per heavy atom. The Hall–Kier alpha value is -1.48. The Morgan fingerprint density at radius 3 is 2.37 bits per heavy atom. The summed E-state index contributed by atoms with van der Waals surface area (Å²) >= 11 is 0. The van der Waals surface area contributed by atoms with Gasteiger partial charge in [0.05, 0.1) is 6.04 Å². The summed E-state index contributed by atoms with van der Waals surface area (Å²) in [5, 5.41) is 0. The van der Waals surface area contributed by atoms with Gasteiger partial charge in [0, 0.05) is 38.8 Å².